The Labute approximate surface area is 203 Å². The van der Waals surface area contributed by atoms with Crippen LogP contribution in [-0.4, -0.2) is 38.0 Å². The molecule has 0 aliphatic heterocycles. The number of anilines is 1. The van der Waals surface area contributed by atoms with E-state index in [2.05, 4.69) is 47.2 Å². The van der Waals surface area contributed by atoms with Crippen LogP contribution in [0.15, 0.2) is 78.2 Å². The summed E-state index contributed by atoms with van der Waals surface area (Å²) >= 11 is 1.33. The number of hydrogen-bond acceptors (Lipinski definition) is 6. The first-order valence-electron chi connectivity index (χ1n) is 10.9. The Kier molecular flexibility index (Phi) is 7.35. The van der Waals surface area contributed by atoms with Gasteiger partial charge < -0.3 is 4.90 Å². The SMILES string of the molecule is Cc1ccc(-n2c(SCC(=O)N(CCC#N)c3ccccc3)nnc2-c2ccncc2)cc1C. The van der Waals surface area contributed by atoms with Crippen molar-refractivity contribution in [1.82, 2.24) is 19.7 Å². The van der Waals surface area contributed by atoms with Gasteiger partial charge in [-0.2, -0.15) is 5.26 Å². The Morgan fingerprint density at radius 2 is 1.79 bits per heavy atom. The Balaban J connectivity index is 1.65. The number of amides is 1. The van der Waals surface area contributed by atoms with Crippen molar-refractivity contribution in [2.24, 2.45) is 0 Å². The van der Waals surface area contributed by atoms with Crippen LogP contribution in [0.1, 0.15) is 17.5 Å². The van der Waals surface area contributed by atoms with Crippen molar-refractivity contribution in [2.45, 2.75) is 25.4 Å². The van der Waals surface area contributed by atoms with Gasteiger partial charge in [0.15, 0.2) is 11.0 Å². The fourth-order valence-corrected chi connectivity index (χ4v) is 4.35. The molecule has 0 fully saturated rings. The zero-order valence-electron chi connectivity index (χ0n) is 19.0. The molecule has 0 unspecified atom stereocenters. The number of hydrogen-bond donors (Lipinski definition) is 0. The van der Waals surface area contributed by atoms with Gasteiger partial charge in [-0.15, -0.1) is 10.2 Å². The molecule has 0 N–H and O–H groups in total. The molecule has 0 saturated carbocycles. The van der Waals surface area contributed by atoms with Crippen molar-refractivity contribution in [3.05, 3.63) is 84.2 Å². The number of para-hydroxylation sites is 1. The maximum Gasteiger partial charge on any atom is 0.237 e. The average molecular weight is 469 g/mol. The predicted octanol–water partition coefficient (Wildman–Crippen LogP) is 4.99. The third kappa shape index (κ3) is 5.16. The van der Waals surface area contributed by atoms with E-state index < -0.39 is 0 Å². The van der Waals surface area contributed by atoms with Gasteiger partial charge in [-0.25, -0.2) is 0 Å². The highest BCUT2D eigenvalue weighted by molar-refractivity contribution is 7.99. The summed E-state index contributed by atoms with van der Waals surface area (Å²) in [4.78, 5) is 18.9. The molecule has 170 valence electrons. The molecule has 34 heavy (non-hydrogen) atoms. The average Bonchev–Trinajstić information content (AvgIpc) is 3.30. The van der Waals surface area contributed by atoms with Crippen LogP contribution in [0, 0.1) is 25.2 Å². The maximum atomic E-state index is 13.2. The molecule has 0 aliphatic rings. The van der Waals surface area contributed by atoms with Crippen LogP contribution < -0.4 is 4.90 Å². The Morgan fingerprint density at radius 3 is 2.50 bits per heavy atom. The molecule has 0 atom stereocenters. The van der Waals surface area contributed by atoms with Crippen molar-refractivity contribution >= 4 is 23.4 Å². The van der Waals surface area contributed by atoms with Crippen molar-refractivity contribution < 1.29 is 4.79 Å². The first-order chi connectivity index (χ1) is 16.6. The van der Waals surface area contributed by atoms with E-state index in [-0.39, 0.29) is 18.1 Å². The summed E-state index contributed by atoms with van der Waals surface area (Å²) in [7, 11) is 0. The minimum Gasteiger partial charge on any atom is -0.311 e. The van der Waals surface area contributed by atoms with Crippen LogP contribution in [0.5, 0.6) is 0 Å². The molecule has 2 aromatic carbocycles. The fourth-order valence-electron chi connectivity index (χ4n) is 3.52. The summed E-state index contributed by atoms with van der Waals surface area (Å²) in [5.41, 5.74) is 4.95. The molecule has 0 radical (unpaired) electrons. The highest BCUT2D eigenvalue weighted by Crippen LogP contribution is 2.29. The molecule has 1 amide bonds. The molecule has 2 aromatic heterocycles. The smallest absolute Gasteiger partial charge is 0.237 e. The summed E-state index contributed by atoms with van der Waals surface area (Å²) < 4.78 is 1.97. The molecule has 8 heteroatoms. The molecule has 0 saturated heterocycles. The molecule has 0 spiro atoms. The topological polar surface area (TPSA) is 87.7 Å². The number of nitriles is 1. The van der Waals surface area contributed by atoms with E-state index in [1.165, 1.54) is 17.3 Å². The van der Waals surface area contributed by atoms with Gasteiger partial charge in [0.25, 0.3) is 0 Å². The summed E-state index contributed by atoms with van der Waals surface area (Å²) in [6, 6.07) is 21.5. The zero-order chi connectivity index (χ0) is 23.9. The molecular formula is C26H24N6OS. The number of pyridine rings is 1. The minimum absolute atomic E-state index is 0.0912. The van der Waals surface area contributed by atoms with E-state index in [1.54, 1.807) is 17.3 Å². The van der Waals surface area contributed by atoms with Crippen LogP contribution in [-0.2, 0) is 4.79 Å². The normalized spacial score (nSPS) is 10.6. The Bertz CT molecular complexity index is 1310. The quantitative estimate of drug-likeness (QED) is 0.339. The van der Waals surface area contributed by atoms with Gasteiger partial charge in [0.05, 0.1) is 23.9 Å². The molecule has 4 rings (SSSR count). The van der Waals surface area contributed by atoms with Gasteiger partial charge in [0.1, 0.15) is 0 Å². The second kappa shape index (κ2) is 10.8. The van der Waals surface area contributed by atoms with E-state index in [0.717, 1.165) is 22.5 Å². The minimum atomic E-state index is -0.0912. The third-order valence-electron chi connectivity index (χ3n) is 5.46. The Morgan fingerprint density at radius 1 is 1.03 bits per heavy atom. The van der Waals surface area contributed by atoms with Gasteiger partial charge in [-0.05, 0) is 61.4 Å². The van der Waals surface area contributed by atoms with E-state index in [1.807, 2.05) is 53.1 Å². The molecule has 2 heterocycles. The monoisotopic (exact) mass is 468 g/mol. The fraction of sp³-hybridized carbons (Fsp3) is 0.192. The van der Waals surface area contributed by atoms with E-state index in [0.29, 0.717) is 17.5 Å². The van der Waals surface area contributed by atoms with Crippen molar-refractivity contribution in [2.75, 3.05) is 17.2 Å². The lowest BCUT2D eigenvalue weighted by molar-refractivity contribution is -0.116. The lowest BCUT2D eigenvalue weighted by Crippen LogP contribution is -2.33. The number of carbonyl (C=O) groups is 1. The summed E-state index contributed by atoms with van der Waals surface area (Å²) in [5, 5.41) is 18.5. The summed E-state index contributed by atoms with van der Waals surface area (Å²) in [6.07, 6.45) is 3.70. The number of rotatable bonds is 8. The van der Waals surface area contributed by atoms with Gasteiger partial charge in [0.2, 0.25) is 5.91 Å². The number of carbonyl (C=O) groups excluding carboxylic acids is 1. The molecule has 7 nitrogen and oxygen atoms in total. The van der Waals surface area contributed by atoms with Crippen LogP contribution in [0.25, 0.3) is 17.1 Å². The Hall–Kier alpha value is -3.96. The van der Waals surface area contributed by atoms with Gasteiger partial charge in [0, 0.05) is 30.2 Å². The van der Waals surface area contributed by atoms with Crippen LogP contribution >= 0.6 is 11.8 Å². The predicted molar refractivity (Wildman–Crippen MR) is 134 cm³/mol. The number of nitrogens with zero attached hydrogens (tertiary/aromatic N) is 6. The maximum absolute atomic E-state index is 13.2. The van der Waals surface area contributed by atoms with E-state index in [9.17, 15) is 4.79 Å². The molecule has 0 aliphatic carbocycles. The van der Waals surface area contributed by atoms with Crippen molar-refractivity contribution in [1.29, 1.82) is 5.26 Å². The number of aromatic nitrogens is 4. The highest BCUT2D eigenvalue weighted by Gasteiger charge is 2.20. The zero-order valence-corrected chi connectivity index (χ0v) is 19.9. The second-order valence-electron chi connectivity index (χ2n) is 7.72. The van der Waals surface area contributed by atoms with Crippen LogP contribution in [0.4, 0.5) is 5.69 Å². The van der Waals surface area contributed by atoms with Gasteiger partial charge in [-0.1, -0.05) is 36.0 Å². The number of thioether (sulfide) groups is 1. The van der Waals surface area contributed by atoms with Crippen molar-refractivity contribution in [3.8, 4) is 23.1 Å². The van der Waals surface area contributed by atoms with Crippen molar-refractivity contribution in [3.63, 3.8) is 0 Å². The lowest BCUT2D eigenvalue weighted by Gasteiger charge is -2.21. The summed E-state index contributed by atoms with van der Waals surface area (Å²) in [6.45, 7) is 4.48. The van der Waals surface area contributed by atoms with Gasteiger partial charge >= 0.3 is 0 Å². The lowest BCUT2D eigenvalue weighted by atomic mass is 10.1. The van der Waals surface area contributed by atoms with Gasteiger partial charge in [-0.3, -0.25) is 14.3 Å². The first kappa shape index (κ1) is 23.2. The van der Waals surface area contributed by atoms with Crippen LogP contribution in [0.3, 0.4) is 0 Å². The molecule has 4 aromatic rings. The first-order valence-corrected chi connectivity index (χ1v) is 11.9. The molecule has 0 bridgehead atoms. The standard InChI is InChI=1S/C26H24N6OS/c1-19-9-10-23(17-20(19)2)32-25(21-11-14-28-15-12-21)29-30-26(32)34-18-24(33)31(16-6-13-27)22-7-4-3-5-8-22/h3-5,7-12,14-15,17H,6,16,18H2,1-2H3. The number of benzene rings is 2. The summed E-state index contributed by atoms with van der Waals surface area (Å²) in [5.74, 6) is 0.760. The third-order valence-corrected chi connectivity index (χ3v) is 6.38. The highest BCUT2D eigenvalue weighted by atomic mass is 32.2. The number of aryl methyl sites for hydroxylation is 2. The van der Waals surface area contributed by atoms with Crippen LogP contribution in [0.2, 0.25) is 0 Å². The van der Waals surface area contributed by atoms with E-state index in [4.69, 9.17) is 5.26 Å². The second-order valence-corrected chi connectivity index (χ2v) is 8.67. The molecular weight excluding hydrogens is 444 g/mol. The largest absolute Gasteiger partial charge is 0.311 e. The van der Waals surface area contributed by atoms with E-state index >= 15 is 0 Å².